The van der Waals surface area contributed by atoms with Crippen molar-refractivity contribution >= 4 is 27.4 Å². The van der Waals surface area contributed by atoms with E-state index in [1.165, 1.54) is 24.3 Å². The van der Waals surface area contributed by atoms with Gasteiger partial charge in [0.15, 0.2) is 9.84 Å². The number of benzene rings is 1. The maximum absolute atomic E-state index is 11.4. The number of hydrogen-bond acceptors (Lipinski definition) is 7. The van der Waals surface area contributed by atoms with Gasteiger partial charge in [-0.1, -0.05) is 0 Å². The topological polar surface area (TPSA) is 85.3 Å². The summed E-state index contributed by atoms with van der Waals surface area (Å²) in [7, 11) is 0.279. The summed E-state index contributed by atoms with van der Waals surface area (Å²) in [6.45, 7) is 0. The number of rotatable bonds is 4. The van der Waals surface area contributed by atoms with Crippen molar-refractivity contribution in [3.05, 3.63) is 29.5 Å². The van der Waals surface area contributed by atoms with Gasteiger partial charge in [-0.2, -0.15) is 15.0 Å². The van der Waals surface area contributed by atoms with Crippen LogP contribution in [0, 0.1) is 0 Å². The number of anilines is 1. The third-order valence-electron chi connectivity index (χ3n) is 2.44. The zero-order valence-electron chi connectivity index (χ0n) is 11.6. The number of aromatic nitrogens is 3. The quantitative estimate of drug-likeness (QED) is 0.845. The van der Waals surface area contributed by atoms with Crippen molar-refractivity contribution in [2.45, 2.75) is 4.90 Å². The number of hydrogen-bond donors (Lipinski definition) is 0. The summed E-state index contributed by atoms with van der Waals surface area (Å²) in [5.74, 6) is 0.757. The number of halogens is 1. The zero-order valence-corrected chi connectivity index (χ0v) is 13.2. The summed E-state index contributed by atoms with van der Waals surface area (Å²) < 4.78 is 28.2. The second kappa shape index (κ2) is 5.82. The van der Waals surface area contributed by atoms with E-state index in [9.17, 15) is 8.42 Å². The predicted molar refractivity (Wildman–Crippen MR) is 78.8 cm³/mol. The molecule has 0 radical (unpaired) electrons. The summed E-state index contributed by atoms with van der Waals surface area (Å²) >= 11 is 5.80. The van der Waals surface area contributed by atoms with Crippen molar-refractivity contribution < 1.29 is 13.2 Å². The molecule has 0 saturated heterocycles. The molecule has 1 heterocycles. The van der Waals surface area contributed by atoms with Gasteiger partial charge in [0.2, 0.25) is 11.2 Å². The number of ether oxygens (including phenoxy) is 1. The van der Waals surface area contributed by atoms with Gasteiger partial charge in [-0.3, -0.25) is 0 Å². The van der Waals surface area contributed by atoms with E-state index in [0.29, 0.717) is 11.7 Å². The molecule has 112 valence electrons. The largest absolute Gasteiger partial charge is 0.424 e. The molecule has 1 aromatic carbocycles. The first-order chi connectivity index (χ1) is 9.75. The average molecular weight is 329 g/mol. The summed E-state index contributed by atoms with van der Waals surface area (Å²) in [5, 5.41) is 0.0106. The normalized spacial score (nSPS) is 11.2. The third kappa shape index (κ3) is 4.02. The van der Waals surface area contributed by atoms with Gasteiger partial charge in [0.1, 0.15) is 5.75 Å². The SMILES string of the molecule is CN(C)c1nc(Cl)nc(Oc2ccc(S(C)(=O)=O)cc2)n1. The Morgan fingerprint density at radius 2 is 1.71 bits per heavy atom. The van der Waals surface area contributed by atoms with E-state index in [1.54, 1.807) is 19.0 Å². The van der Waals surface area contributed by atoms with Gasteiger partial charge in [-0.05, 0) is 35.9 Å². The highest BCUT2D eigenvalue weighted by Gasteiger charge is 2.10. The van der Waals surface area contributed by atoms with Crippen molar-refractivity contribution in [2.24, 2.45) is 0 Å². The van der Waals surface area contributed by atoms with Crippen molar-refractivity contribution in [1.29, 1.82) is 0 Å². The monoisotopic (exact) mass is 328 g/mol. The van der Waals surface area contributed by atoms with E-state index in [1.807, 2.05) is 0 Å². The highest BCUT2D eigenvalue weighted by molar-refractivity contribution is 7.90. The first-order valence-electron chi connectivity index (χ1n) is 5.82. The van der Waals surface area contributed by atoms with Crippen molar-refractivity contribution in [2.75, 3.05) is 25.3 Å². The lowest BCUT2D eigenvalue weighted by Crippen LogP contribution is -2.13. The Bertz CT molecular complexity index is 748. The number of nitrogens with zero attached hydrogens (tertiary/aromatic N) is 4. The van der Waals surface area contributed by atoms with E-state index < -0.39 is 9.84 Å². The van der Waals surface area contributed by atoms with Crippen LogP contribution in [0.2, 0.25) is 5.28 Å². The highest BCUT2D eigenvalue weighted by Crippen LogP contribution is 2.22. The molecule has 0 spiro atoms. The molecule has 2 rings (SSSR count). The first-order valence-corrected chi connectivity index (χ1v) is 8.09. The molecule has 7 nitrogen and oxygen atoms in total. The van der Waals surface area contributed by atoms with Crippen LogP contribution < -0.4 is 9.64 Å². The van der Waals surface area contributed by atoms with E-state index >= 15 is 0 Å². The minimum absolute atomic E-state index is 0.0106. The van der Waals surface area contributed by atoms with Gasteiger partial charge >= 0.3 is 6.01 Å². The lowest BCUT2D eigenvalue weighted by Gasteiger charge is -2.11. The minimum Gasteiger partial charge on any atom is -0.424 e. The molecular weight excluding hydrogens is 316 g/mol. The van der Waals surface area contributed by atoms with Gasteiger partial charge in [0.25, 0.3) is 0 Å². The standard InChI is InChI=1S/C12H13ClN4O3S/c1-17(2)11-14-10(13)15-12(16-11)20-8-4-6-9(7-5-8)21(3,18)19/h4-7H,1-3H3. The van der Waals surface area contributed by atoms with E-state index in [-0.39, 0.29) is 16.2 Å². The van der Waals surface area contributed by atoms with Gasteiger partial charge in [0, 0.05) is 20.4 Å². The van der Waals surface area contributed by atoms with Crippen molar-refractivity contribution in [3.63, 3.8) is 0 Å². The van der Waals surface area contributed by atoms with Crippen LogP contribution in [0.3, 0.4) is 0 Å². The van der Waals surface area contributed by atoms with Gasteiger partial charge < -0.3 is 9.64 Å². The average Bonchev–Trinajstić information content (AvgIpc) is 2.37. The Balaban J connectivity index is 2.26. The molecule has 0 unspecified atom stereocenters. The molecule has 9 heteroatoms. The summed E-state index contributed by atoms with van der Waals surface area (Å²) in [5.41, 5.74) is 0. The lowest BCUT2D eigenvalue weighted by atomic mass is 10.3. The fourth-order valence-corrected chi connectivity index (χ4v) is 2.21. The second-order valence-electron chi connectivity index (χ2n) is 4.43. The Morgan fingerprint density at radius 1 is 1.10 bits per heavy atom. The highest BCUT2D eigenvalue weighted by atomic mass is 35.5. The fraction of sp³-hybridized carbons (Fsp3) is 0.250. The molecule has 0 aliphatic rings. The van der Waals surface area contributed by atoms with E-state index in [2.05, 4.69) is 15.0 Å². The predicted octanol–water partition coefficient (Wildman–Crippen LogP) is 1.79. The van der Waals surface area contributed by atoms with Gasteiger partial charge in [-0.25, -0.2) is 8.42 Å². The maximum Gasteiger partial charge on any atom is 0.328 e. The fourth-order valence-electron chi connectivity index (χ4n) is 1.43. The molecule has 1 aromatic heterocycles. The van der Waals surface area contributed by atoms with Crippen LogP contribution in [0.15, 0.2) is 29.2 Å². The Labute approximate surface area is 127 Å². The zero-order chi connectivity index (χ0) is 15.6. The molecule has 0 atom stereocenters. The maximum atomic E-state index is 11.4. The molecule has 0 N–H and O–H groups in total. The second-order valence-corrected chi connectivity index (χ2v) is 6.78. The van der Waals surface area contributed by atoms with Gasteiger partial charge in [0.05, 0.1) is 4.90 Å². The molecule has 0 bridgehead atoms. The van der Waals surface area contributed by atoms with Crippen molar-refractivity contribution in [3.8, 4) is 11.8 Å². The molecule has 0 aliphatic carbocycles. The van der Waals surface area contributed by atoms with Crippen LogP contribution in [0.4, 0.5) is 5.95 Å². The number of sulfone groups is 1. The van der Waals surface area contributed by atoms with Crippen LogP contribution in [-0.4, -0.2) is 43.7 Å². The molecule has 0 saturated carbocycles. The minimum atomic E-state index is -3.24. The van der Waals surface area contributed by atoms with E-state index in [4.69, 9.17) is 16.3 Å². The van der Waals surface area contributed by atoms with Gasteiger partial charge in [-0.15, -0.1) is 0 Å². The smallest absolute Gasteiger partial charge is 0.328 e. The van der Waals surface area contributed by atoms with Crippen LogP contribution in [-0.2, 0) is 9.84 Å². The van der Waals surface area contributed by atoms with Crippen molar-refractivity contribution in [1.82, 2.24) is 15.0 Å². The molecule has 2 aromatic rings. The van der Waals surface area contributed by atoms with E-state index in [0.717, 1.165) is 6.26 Å². The Kier molecular flexibility index (Phi) is 4.29. The first kappa shape index (κ1) is 15.5. The molecular formula is C12H13ClN4O3S. The van der Waals surface area contributed by atoms with Crippen LogP contribution in [0.5, 0.6) is 11.8 Å². The summed E-state index contributed by atoms with van der Waals surface area (Å²) in [6.07, 6.45) is 1.14. The van der Waals surface area contributed by atoms with Crippen LogP contribution >= 0.6 is 11.6 Å². The molecule has 0 aliphatic heterocycles. The van der Waals surface area contributed by atoms with Crippen LogP contribution in [0.25, 0.3) is 0 Å². The Hall–Kier alpha value is -1.93. The molecule has 0 amide bonds. The molecule has 21 heavy (non-hydrogen) atoms. The Morgan fingerprint density at radius 3 is 2.24 bits per heavy atom. The summed E-state index contributed by atoms with van der Waals surface area (Å²) in [4.78, 5) is 13.7. The molecule has 0 fully saturated rings. The lowest BCUT2D eigenvalue weighted by molar-refractivity contribution is 0.439. The summed E-state index contributed by atoms with van der Waals surface area (Å²) in [6, 6.07) is 5.96. The van der Waals surface area contributed by atoms with Crippen LogP contribution in [0.1, 0.15) is 0 Å². The third-order valence-corrected chi connectivity index (χ3v) is 3.73.